The largest absolute Gasteiger partial charge is 0.347 e. The molecular weight excluding hydrogens is 316 g/mol. The van der Waals surface area contributed by atoms with E-state index in [-0.39, 0.29) is 0 Å². The van der Waals surface area contributed by atoms with E-state index in [0.717, 1.165) is 18.1 Å². The maximum absolute atomic E-state index is 6.50. The van der Waals surface area contributed by atoms with Gasteiger partial charge in [-0.1, -0.05) is 48.0 Å². The molecule has 5 rings (SSSR count). The molecule has 2 nitrogen and oxygen atoms in total. The highest BCUT2D eigenvalue weighted by atomic mass is 35.5. The van der Waals surface area contributed by atoms with E-state index in [0.29, 0.717) is 12.0 Å². The van der Waals surface area contributed by atoms with Gasteiger partial charge in [-0.05, 0) is 48.6 Å². The topological polar surface area (TPSA) is 17.0 Å². The van der Waals surface area contributed by atoms with Gasteiger partial charge in [0.05, 0.1) is 5.52 Å². The molecule has 0 radical (unpaired) electrons. The minimum Gasteiger partial charge on any atom is -0.347 e. The summed E-state index contributed by atoms with van der Waals surface area (Å²) in [7, 11) is 0. The highest BCUT2D eigenvalue weighted by Crippen LogP contribution is 2.44. The summed E-state index contributed by atoms with van der Waals surface area (Å²) in [6.45, 7) is 2.19. The Bertz CT molecular complexity index is 911. The maximum atomic E-state index is 6.50. The zero-order valence-corrected chi connectivity index (χ0v) is 14.4. The highest BCUT2D eigenvalue weighted by Gasteiger charge is 2.33. The number of benzene rings is 2. The van der Waals surface area contributed by atoms with E-state index in [4.69, 9.17) is 11.6 Å². The van der Waals surface area contributed by atoms with Gasteiger partial charge in [0.25, 0.3) is 0 Å². The van der Waals surface area contributed by atoms with E-state index in [9.17, 15) is 0 Å². The predicted molar refractivity (Wildman–Crippen MR) is 99.8 cm³/mol. The number of nitrogens with one attached hydrogen (secondary N) is 1. The Morgan fingerprint density at radius 2 is 1.96 bits per heavy atom. The molecule has 24 heavy (non-hydrogen) atoms. The average Bonchev–Trinajstić information content (AvgIpc) is 3.22. The molecule has 1 aromatic heterocycles. The van der Waals surface area contributed by atoms with Crippen LogP contribution in [0.3, 0.4) is 0 Å². The molecule has 1 fully saturated rings. The molecule has 2 atom stereocenters. The summed E-state index contributed by atoms with van der Waals surface area (Å²) in [4.78, 5) is 0. The van der Waals surface area contributed by atoms with Crippen molar-refractivity contribution in [1.82, 2.24) is 9.88 Å². The molecule has 122 valence electrons. The third-order valence-electron chi connectivity index (χ3n) is 5.72. The molecule has 0 amide bonds. The number of hydrogen-bond donors (Lipinski definition) is 1. The third kappa shape index (κ3) is 2.13. The third-order valence-corrected chi connectivity index (χ3v) is 6.06. The second-order valence-electron chi connectivity index (χ2n) is 7.04. The van der Waals surface area contributed by atoms with Gasteiger partial charge >= 0.3 is 0 Å². The Hall–Kier alpha value is -1.77. The minimum absolute atomic E-state index is 0.308. The lowest BCUT2D eigenvalue weighted by molar-refractivity contribution is 0.575. The van der Waals surface area contributed by atoms with Gasteiger partial charge in [-0.15, -0.1) is 0 Å². The normalized spacial score (nSPS) is 23.0. The van der Waals surface area contributed by atoms with Crippen LogP contribution in [0, 0.1) is 0 Å². The Morgan fingerprint density at radius 1 is 1.04 bits per heavy atom. The molecule has 2 aromatic carbocycles. The van der Waals surface area contributed by atoms with E-state index < -0.39 is 0 Å². The van der Waals surface area contributed by atoms with Crippen molar-refractivity contribution in [2.75, 3.05) is 6.54 Å². The lowest BCUT2D eigenvalue weighted by Gasteiger charge is -2.21. The van der Waals surface area contributed by atoms with Gasteiger partial charge in [-0.2, -0.15) is 0 Å². The second kappa shape index (κ2) is 5.65. The lowest BCUT2D eigenvalue weighted by atomic mass is 9.87. The van der Waals surface area contributed by atoms with Crippen LogP contribution in [-0.4, -0.2) is 11.1 Å². The van der Waals surface area contributed by atoms with Crippen molar-refractivity contribution in [3.8, 4) is 0 Å². The standard InChI is InChI=1S/C21H21ClN2/c22-19-9-2-1-7-17(19)20-15(10-11-23-20)18-13-24-12-4-6-14-5-3-8-16(18)21(14)24/h1-3,5,7-9,13,15,20,23H,4,6,10-12H2. The summed E-state index contributed by atoms with van der Waals surface area (Å²) in [6, 6.07) is 15.4. The number of aromatic nitrogens is 1. The van der Waals surface area contributed by atoms with Gasteiger partial charge in [-0.25, -0.2) is 0 Å². The first-order chi connectivity index (χ1) is 11.8. The first-order valence-electron chi connectivity index (χ1n) is 8.91. The minimum atomic E-state index is 0.308. The fraction of sp³-hybridized carbons (Fsp3) is 0.333. The van der Waals surface area contributed by atoms with Gasteiger partial charge in [0, 0.05) is 35.1 Å². The van der Waals surface area contributed by atoms with Crippen molar-refractivity contribution in [2.24, 2.45) is 0 Å². The summed E-state index contributed by atoms with van der Waals surface area (Å²) < 4.78 is 2.48. The van der Waals surface area contributed by atoms with Crippen LogP contribution in [-0.2, 0) is 13.0 Å². The smallest absolute Gasteiger partial charge is 0.0515 e. The van der Waals surface area contributed by atoms with Crippen LogP contribution in [0.1, 0.15) is 41.5 Å². The summed E-state index contributed by atoms with van der Waals surface area (Å²) in [6.07, 6.45) is 6.03. The Morgan fingerprint density at radius 3 is 2.88 bits per heavy atom. The van der Waals surface area contributed by atoms with E-state index in [1.807, 2.05) is 12.1 Å². The monoisotopic (exact) mass is 336 g/mol. The molecule has 3 aromatic rings. The number of halogens is 1. The van der Waals surface area contributed by atoms with Crippen molar-refractivity contribution in [1.29, 1.82) is 0 Å². The van der Waals surface area contributed by atoms with E-state index in [1.165, 1.54) is 46.9 Å². The molecule has 0 bridgehead atoms. The zero-order valence-electron chi connectivity index (χ0n) is 13.6. The van der Waals surface area contributed by atoms with Crippen molar-refractivity contribution < 1.29 is 0 Å². The van der Waals surface area contributed by atoms with Crippen LogP contribution in [0.25, 0.3) is 10.9 Å². The van der Waals surface area contributed by atoms with Crippen LogP contribution in [0.15, 0.2) is 48.7 Å². The molecule has 1 N–H and O–H groups in total. The molecule has 0 saturated carbocycles. The fourth-order valence-corrected chi connectivity index (χ4v) is 4.92. The summed E-state index contributed by atoms with van der Waals surface area (Å²) in [5.41, 5.74) is 5.69. The van der Waals surface area contributed by atoms with Crippen LogP contribution in [0.5, 0.6) is 0 Å². The zero-order chi connectivity index (χ0) is 16.1. The first kappa shape index (κ1) is 14.6. The number of para-hydroxylation sites is 1. The van der Waals surface area contributed by atoms with Crippen LogP contribution >= 0.6 is 11.6 Å². The average molecular weight is 337 g/mol. The Labute approximate surface area is 147 Å². The molecule has 2 aliphatic heterocycles. The highest BCUT2D eigenvalue weighted by molar-refractivity contribution is 6.31. The van der Waals surface area contributed by atoms with Crippen molar-refractivity contribution in [3.05, 3.63) is 70.4 Å². The number of aryl methyl sites for hydroxylation is 2. The number of rotatable bonds is 2. The van der Waals surface area contributed by atoms with Gasteiger partial charge in [0.2, 0.25) is 0 Å². The van der Waals surface area contributed by atoms with Crippen LogP contribution in [0.2, 0.25) is 5.02 Å². The molecular formula is C21H21ClN2. The summed E-state index contributed by atoms with van der Waals surface area (Å²) >= 11 is 6.50. The quantitative estimate of drug-likeness (QED) is 0.692. The summed E-state index contributed by atoms with van der Waals surface area (Å²) in [5, 5.41) is 6.00. The molecule has 1 saturated heterocycles. The van der Waals surface area contributed by atoms with E-state index in [1.54, 1.807) is 0 Å². The second-order valence-corrected chi connectivity index (χ2v) is 7.45. The van der Waals surface area contributed by atoms with Crippen molar-refractivity contribution >= 4 is 22.5 Å². The molecule has 2 aliphatic rings. The van der Waals surface area contributed by atoms with Gasteiger partial charge < -0.3 is 9.88 Å². The molecule has 2 unspecified atom stereocenters. The number of hydrogen-bond acceptors (Lipinski definition) is 1. The molecule has 0 spiro atoms. The van der Waals surface area contributed by atoms with Gasteiger partial charge in [-0.3, -0.25) is 0 Å². The van der Waals surface area contributed by atoms with Gasteiger partial charge in [0.15, 0.2) is 0 Å². The van der Waals surface area contributed by atoms with Crippen LogP contribution in [0.4, 0.5) is 0 Å². The van der Waals surface area contributed by atoms with E-state index >= 15 is 0 Å². The Kier molecular flexibility index (Phi) is 3.43. The molecule has 3 heterocycles. The maximum Gasteiger partial charge on any atom is 0.0515 e. The van der Waals surface area contributed by atoms with Gasteiger partial charge in [0.1, 0.15) is 0 Å². The SMILES string of the molecule is Clc1ccccc1C1NCCC1c1cn2c3c(cccc13)CCC2. The lowest BCUT2D eigenvalue weighted by Crippen LogP contribution is -2.17. The molecule has 3 heteroatoms. The Balaban J connectivity index is 1.65. The van der Waals surface area contributed by atoms with E-state index in [2.05, 4.69) is 46.4 Å². The fourth-order valence-electron chi connectivity index (χ4n) is 4.67. The summed E-state index contributed by atoms with van der Waals surface area (Å²) in [5.74, 6) is 0.488. The van der Waals surface area contributed by atoms with Crippen molar-refractivity contribution in [2.45, 2.75) is 37.8 Å². The molecule has 0 aliphatic carbocycles. The number of nitrogens with zero attached hydrogens (tertiary/aromatic N) is 1. The first-order valence-corrected chi connectivity index (χ1v) is 9.29. The van der Waals surface area contributed by atoms with Crippen LogP contribution < -0.4 is 5.32 Å². The predicted octanol–water partition coefficient (Wildman–Crippen LogP) is 5.06. The van der Waals surface area contributed by atoms with Crippen molar-refractivity contribution in [3.63, 3.8) is 0 Å².